The fourth-order valence-corrected chi connectivity index (χ4v) is 2.40. The Kier molecular flexibility index (Phi) is 9.21. The van der Waals surface area contributed by atoms with E-state index < -0.39 is 5.60 Å². The molecule has 6 heteroatoms. The molecule has 1 radical (unpaired) electrons. The molecule has 0 aliphatic carbocycles. The summed E-state index contributed by atoms with van der Waals surface area (Å²) in [5, 5.41) is 19.7. The molecule has 0 bridgehead atoms. The number of methoxy groups -OCH3 is 1. The Morgan fingerprint density at radius 2 is 1.56 bits per heavy atom. The van der Waals surface area contributed by atoms with E-state index in [0.717, 1.165) is 0 Å². The minimum absolute atomic E-state index is 0. The van der Waals surface area contributed by atoms with Gasteiger partial charge in [0, 0.05) is 47.4 Å². The third kappa shape index (κ3) is 7.54. The van der Waals surface area contributed by atoms with Crippen molar-refractivity contribution in [2.75, 3.05) is 13.7 Å². The van der Waals surface area contributed by atoms with Crippen LogP contribution in [0.4, 0.5) is 0 Å². The summed E-state index contributed by atoms with van der Waals surface area (Å²) >= 11 is 0. The van der Waals surface area contributed by atoms with Gasteiger partial charge in [0.2, 0.25) is 0 Å². The van der Waals surface area contributed by atoms with Crippen LogP contribution in [0.2, 0.25) is 0 Å². The molecule has 2 rings (SSSR count). The first-order chi connectivity index (χ1) is 12.4. The van der Waals surface area contributed by atoms with Crippen LogP contribution in [0.1, 0.15) is 24.5 Å². The number of ether oxygens (including phenoxy) is 1. The second-order valence-corrected chi connectivity index (χ2v) is 6.40. The summed E-state index contributed by atoms with van der Waals surface area (Å²) in [5.41, 5.74) is 0.705. The van der Waals surface area contributed by atoms with Gasteiger partial charge in [0.25, 0.3) is 0 Å². The molecule has 0 aliphatic rings. The summed E-state index contributed by atoms with van der Waals surface area (Å²) in [6.45, 7) is 6.34. The number of aliphatic imine (C=N–C) groups is 2. The Morgan fingerprint density at radius 3 is 2.07 bits per heavy atom. The van der Waals surface area contributed by atoms with Crippen LogP contribution in [-0.2, 0) is 21.5 Å². The molecule has 0 amide bonds. The molecular formula is C21H25CoN2O3-. The van der Waals surface area contributed by atoms with Crippen molar-refractivity contribution in [2.24, 2.45) is 9.98 Å². The molecule has 2 unspecified atom stereocenters. The van der Waals surface area contributed by atoms with Crippen LogP contribution in [0.5, 0.6) is 11.5 Å². The number of phenols is 2. The Labute approximate surface area is 171 Å². The quantitative estimate of drug-likeness (QED) is 0.514. The Morgan fingerprint density at radius 1 is 1.04 bits per heavy atom. The molecule has 147 valence electrons. The molecule has 2 N–H and O–H groups in total. The van der Waals surface area contributed by atoms with Gasteiger partial charge in [-0.25, -0.2) is 0 Å². The van der Waals surface area contributed by atoms with E-state index in [-0.39, 0.29) is 34.3 Å². The number of hydrogen-bond donors (Lipinski definition) is 2. The van der Waals surface area contributed by atoms with Crippen LogP contribution in [0, 0.1) is 6.92 Å². The number of rotatable bonds is 8. The van der Waals surface area contributed by atoms with Crippen molar-refractivity contribution in [3.8, 4) is 11.5 Å². The number of nitrogens with zero attached hydrogens (tertiary/aromatic N) is 2. The third-order valence-electron chi connectivity index (χ3n) is 4.00. The summed E-state index contributed by atoms with van der Waals surface area (Å²) < 4.78 is 5.40. The standard InChI is InChI=1S/C21H25N2O3.Co/c1-21(2,26-3)12-18(23-14-17-9-5-7-11-20(17)25)15-22-13-16-8-4-6-10-19(16)24;/h4-11,13-14,18,24-25H,1,12,15H2,2-3H3;/q-1;. The molecule has 2 atom stereocenters. The molecular weight excluding hydrogens is 387 g/mol. The van der Waals surface area contributed by atoms with Crippen molar-refractivity contribution in [1.29, 1.82) is 0 Å². The van der Waals surface area contributed by atoms with Crippen molar-refractivity contribution >= 4 is 12.4 Å². The number of hydrogen-bond acceptors (Lipinski definition) is 5. The van der Waals surface area contributed by atoms with Crippen molar-refractivity contribution in [3.05, 3.63) is 66.6 Å². The van der Waals surface area contributed by atoms with Crippen LogP contribution in [0.25, 0.3) is 0 Å². The maximum Gasteiger partial charge on any atom is 0.124 e. The van der Waals surface area contributed by atoms with Gasteiger partial charge < -0.3 is 21.9 Å². The Balaban J connectivity index is 0.00000364. The molecule has 0 fully saturated rings. The molecule has 0 aliphatic heterocycles. The first-order valence-electron chi connectivity index (χ1n) is 8.41. The minimum Gasteiger partial charge on any atom is -0.507 e. The summed E-state index contributed by atoms with van der Waals surface area (Å²) in [6, 6.07) is 13.8. The van der Waals surface area contributed by atoms with E-state index in [2.05, 4.69) is 16.9 Å². The van der Waals surface area contributed by atoms with Gasteiger partial charge in [-0.15, -0.1) is 0 Å². The van der Waals surface area contributed by atoms with Gasteiger partial charge in [-0.3, -0.25) is 9.98 Å². The average molecular weight is 412 g/mol. The predicted octanol–water partition coefficient (Wildman–Crippen LogP) is 3.63. The molecule has 27 heavy (non-hydrogen) atoms. The first kappa shape index (κ1) is 22.9. The maximum absolute atomic E-state index is 9.87. The molecule has 2 aromatic rings. The molecule has 0 saturated carbocycles. The van der Waals surface area contributed by atoms with E-state index >= 15 is 0 Å². The van der Waals surface area contributed by atoms with E-state index in [1.807, 2.05) is 19.1 Å². The number of benzene rings is 2. The van der Waals surface area contributed by atoms with Gasteiger partial charge in [-0.05, 0) is 30.7 Å². The van der Waals surface area contributed by atoms with E-state index in [1.54, 1.807) is 55.9 Å². The SMILES string of the molecule is [CH2-]C(C)(CC(CN=Cc1ccccc1O)N=Cc1ccccc1O)OC.[Co]. The fraction of sp³-hybridized carbons (Fsp3) is 0.286. The first-order valence-corrected chi connectivity index (χ1v) is 8.41. The zero-order valence-corrected chi connectivity index (χ0v) is 16.5. The average Bonchev–Trinajstić information content (AvgIpc) is 2.62. The summed E-state index contributed by atoms with van der Waals surface area (Å²) in [5.74, 6) is 0.362. The van der Waals surface area contributed by atoms with Crippen molar-refractivity contribution in [2.45, 2.75) is 25.0 Å². The fourth-order valence-electron chi connectivity index (χ4n) is 2.40. The Bertz CT molecular complexity index is 776. The van der Waals surface area contributed by atoms with Gasteiger partial charge in [0.05, 0.1) is 12.6 Å². The van der Waals surface area contributed by atoms with Gasteiger partial charge in [-0.1, -0.05) is 36.8 Å². The Hall–Kier alpha value is -2.15. The van der Waals surface area contributed by atoms with Gasteiger partial charge >= 0.3 is 0 Å². The molecule has 2 aromatic carbocycles. The van der Waals surface area contributed by atoms with E-state index in [0.29, 0.717) is 24.1 Å². The largest absolute Gasteiger partial charge is 0.507 e. The molecule has 5 nitrogen and oxygen atoms in total. The zero-order chi connectivity index (χ0) is 19.0. The van der Waals surface area contributed by atoms with Crippen LogP contribution in [0.3, 0.4) is 0 Å². The van der Waals surface area contributed by atoms with Gasteiger partial charge in [0.1, 0.15) is 11.5 Å². The van der Waals surface area contributed by atoms with E-state index in [4.69, 9.17) is 4.74 Å². The van der Waals surface area contributed by atoms with Crippen molar-refractivity contribution in [3.63, 3.8) is 0 Å². The number of phenolic OH excluding ortho intramolecular Hbond substituents is 2. The van der Waals surface area contributed by atoms with Crippen molar-refractivity contribution in [1.82, 2.24) is 0 Å². The van der Waals surface area contributed by atoms with Crippen LogP contribution < -0.4 is 0 Å². The summed E-state index contributed by atoms with van der Waals surface area (Å²) in [7, 11) is 1.61. The summed E-state index contributed by atoms with van der Waals surface area (Å²) in [6.07, 6.45) is 3.83. The third-order valence-corrected chi connectivity index (χ3v) is 4.00. The molecule has 0 aromatic heterocycles. The zero-order valence-electron chi connectivity index (χ0n) is 15.5. The molecule has 0 spiro atoms. The van der Waals surface area contributed by atoms with Gasteiger partial charge in [-0.2, -0.15) is 0 Å². The van der Waals surface area contributed by atoms with E-state index in [1.165, 1.54) is 0 Å². The molecule has 0 saturated heterocycles. The van der Waals surface area contributed by atoms with Crippen LogP contribution in [-0.4, -0.2) is 47.9 Å². The monoisotopic (exact) mass is 412 g/mol. The van der Waals surface area contributed by atoms with Crippen molar-refractivity contribution < 1.29 is 31.7 Å². The predicted molar refractivity (Wildman–Crippen MR) is 105 cm³/mol. The maximum atomic E-state index is 9.87. The second kappa shape index (κ2) is 10.9. The summed E-state index contributed by atoms with van der Waals surface area (Å²) in [4.78, 5) is 8.97. The number of para-hydroxylation sites is 2. The van der Waals surface area contributed by atoms with Gasteiger partial charge in [0.15, 0.2) is 0 Å². The van der Waals surface area contributed by atoms with Crippen LogP contribution >= 0.6 is 0 Å². The van der Waals surface area contributed by atoms with Crippen LogP contribution in [0.15, 0.2) is 58.5 Å². The smallest absolute Gasteiger partial charge is 0.124 e. The van der Waals surface area contributed by atoms with E-state index in [9.17, 15) is 10.2 Å². The molecule has 0 heterocycles. The second-order valence-electron chi connectivity index (χ2n) is 6.40. The topological polar surface area (TPSA) is 74.4 Å². The number of aromatic hydroxyl groups is 2. The minimum atomic E-state index is -0.592. The normalized spacial score (nSPS) is 14.8.